The van der Waals surface area contributed by atoms with E-state index in [1.807, 2.05) is 0 Å². The summed E-state index contributed by atoms with van der Waals surface area (Å²) >= 11 is 0. The molecule has 5 heteroatoms. The Morgan fingerprint density at radius 2 is 2.17 bits per heavy atom. The number of amides is 1. The summed E-state index contributed by atoms with van der Waals surface area (Å²) in [5.74, 6) is -0.188. The summed E-state index contributed by atoms with van der Waals surface area (Å²) in [5.41, 5.74) is -0.901. The summed E-state index contributed by atoms with van der Waals surface area (Å²) in [7, 11) is 0. The molecule has 0 spiro atoms. The molecule has 0 bridgehead atoms. The monoisotopic (exact) mass is 254 g/mol. The van der Waals surface area contributed by atoms with E-state index in [-0.39, 0.29) is 5.91 Å². The SMILES string of the molecule is CCCCOCCNC(=O)C1(C#N)CCOCC1. The van der Waals surface area contributed by atoms with Crippen molar-refractivity contribution < 1.29 is 14.3 Å². The Bertz CT molecular complexity index is 293. The maximum absolute atomic E-state index is 12.0. The van der Waals surface area contributed by atoms with Gasteiger partial charge in [-0.1, -0.05) is 13.3 Å². The van der Waals surface area contributed by atoms with Crippen molar-refractivity contribution in [1.82, 2.24) is 5.32 Å². The highest BCUT2D eigenvalue weighted by atomic mass is 16.5. The standard InChI is InChI=1S/C13H22N2O3/c1-2-3-7-17-10-6-15-12(16)13(11-14)4-8-18-9-5-13/h2-10H2,1H3,(H,15,16). The number of hydrogen-bond acceptors (Lipinski definition) is 4. The zero-order chi connectivity index (χ0) is 13.3. The number of hydrogen-bond donors (Lipinski definition) is 1. The molecule has 0 atom stereocenters. The molecule has 0 aliphatic carbocycles. The second-order valence-electron chi connectivity index (χ2n) is 4.53. The Hall–Kier alpha value is -1.12. The van der Waals surface area contributed by atoms with Crippen LogP contribution in [0.15, 0.2) is 0 Å². The molecule has 0 aromatic carbocycles. The summed E-state index contributed by atoms with van der Waals surface area (Å²) < 4.78 is 10.5. The van der Waals surface area contributed by atoms with E-state index in [1.165, 1.54) is 0 Å². The average Bonchev–Trinajstić information content (AvgIpc) is 2.43. The third kappa shape index (κ3) is 4.28. The molecule has 0 unspecified atom stereocenters. The molecular weight excluding hydrogens is 232 g/mol. The average molecular weight is 254 g/mol. The van der Waals surface area contributed by atoms with Gasteiger partial charge in [0, 0.05) is 26.4 Å². The normalized spacial score (nSPS) is 18.0. The van der Waals surface area contributed by atoms with Crippen molar-refractivity contribution in [2.24, 2.45) is 5.41 Å². The fourth-order valence-electron chi connectivity index (χ4n) is 1.86. The summed E-state index contributed by atoms with van der Waals surface area (Å²) in [4.78, 5) is 12.0. The lowest BCUT2D eigenvalue weighted by Crippen LogP contribution is -2.44. The van der Waals surface area contributed by atoms with E-state index in [4.69, 9.17) is 9.47 Å². The van der Waals surface area contributed by atoms with Crippen molar-refractivity contribution in [3.8, 4) is 6.07 Å². The molecule has 18 heavy (non-hydrogen) atoms. The van der Waals surface area contributed by atoms with Crippen LogP contribution in [0, 0.1) is 16.7 Å². The maximum atomic E-state index is 12.0. The number of nitriles is 1. The molecule has 0 saturated carbocycles. The van der Waals surface area contributed by atoms with Crippen LogP contribution < -0.4 is 5.32 Å². The topological polar surface area (TPSA) is 71.3 Å². The molecule has 0 aromatic rings. The molecule has 0 aromatic heterocycles. The van der Waals surface area contributed by atoms with Crippen molar-refractivity contribution in [3.05, 3.63) is 0 Å². The van der Waals surface area contributed by atoms with E-state index in [9.17, 15) is 10.1 Å². The number of carbonyl (C=O) groups excluding carboxylic acids is 1. The molecule has 1 fully saturated rings. The Balaban J connectivity index is 2.24. The fourth-order valence-corrected chi connectivity index (χ4v) is 1.86. The number of nitrogens with zero attached hydrogens (tertiary/aromatic N) is 1. The minimum absolute atomic E-state index is 0.188. The van der Waals surface area contributed by atoms with Crippen LogP contribution in [-0.4, -0.2) is 38.9 Å². The van der Waals surface area contributed by atoms with Crippen molar-refractivity contribution in [2.75, 3.05) is 33.0 Å². The molecule has 5 nitrogen and oxygen atoms in total. The van der Waals surface area contributed by atoms with E-state index in [0.717, 1.165) is 19.4 Å². The number of rotatable bonds is 7. The van der Waals surface area contributed by atoms with Gasteiger partial charge < -0.3 is 14.8 Å². The molecular formula is C13H22N2O3. The molecule has 0 radical (unpaired) electrons. The first-order valence-corrected chi connectivity index (χ1v) is 6.60. The van der Waals surface area contributed by atoms with E-state index < -0.39 is 5.41 Å². The van der Waals surface area contributed by atoms with Crippen LogP contribution in [0.25, 0.3) is 0 Å². The van der Waals surface area contributed by atoms with Crippen molar-refractivity contribution in [2.45, 2.75) is 32.6 Å². The largest absolute Gasteiger partial charge is 0.381 e. The first kappa shape index (κ1) is 14.9. The first-order valence-electron chi connectivity index (χ1n) is 6.60. The van der Waals surface area contributed by atoms with E-state index >= 15 is 0 Å². The highest BCUT2D eigenvalue weighted by molar-refractivity contribution is 5.85. The van der Waals surface area contributed by atoms with Gasteiger partial charge in [-0.05, 0) is 19.3 Å². The molecule has 1 N–H and O–H groups in total. The van der Waals surface area contributed by atoms with Crippen LogP contribution in [0.2, 0.25) is 0 Å². The van der Waals surface area contributed by atoms with E-state index in [1.54, 1.807) is 0 Å². The van der Waals surface area contributed by atoms with Gasteiger partial charge in [-0.2, -0.15) is 5.26 Å². The molecule has 102 valence electrons. The Kier molecular flexibility index (Phi) is 6.69. The lowest BCUT2D eigenvalue weighted by molar-refractivity contribution is -0.132. The van der Waals surface area contributed by atoms with Crippen LogP contribution >= 0.6 is 0 Å². The van der Waals surface area contributed by atoms with Gasteiger partial charge in [0.15, 0.2) is 0 Å². The first-order chi connectivity index (χ1) is 8.75. The minimum atomic E-state index is -0.901. The fraction of sp³-hybridized carbons (Fsp3) is 0.846. The lowest BCUT2D eigenvalue weighted by atomic mass is 9.81. The maximum Gasteiger partial charge on any atom is 0.240 e. The molecule has 1 saturated heterocycles. The molecule has 1 rings (SSSR count). The van der Waals surface area contributed by atoms with E-state index in [2.05, 4.69) is 18.3 Å². The Morgan fingerprint density at radius 3 is 2.78 bits per heavy atom. The van der Waals surface area contributed by atoms with Crippen LogP contribution in [0.5, 0.6) is 0 Å². The highest BCUT2D eigenvalue weighted by Crippen LogP contribution is 2.29. The van der Waals surface area contributed by atoms with Crippen LogP contribution in [0.3, 0.4) is 0 Å². The van der Waals surface area contributed by atoms with E-state index in [0.29, 0.717) is 39.2 Å². The predicted molar refractivity (Wildman–Crippen MR) is 66.8 cm³/mol. The second kappa shape index (κ2) is 8.06. The quantitative estimate of drug-likeness (QED) is 0.694. The number of carbonyl (C=O) groups is 1. The third-order valence-electron chi connectivity index (χ3n) is 3.17. The predicted octanol–water partition coefficient (Wildman–Crippen LogP) is 1.24. The van der Waals surface area contributed by atoms with Gasteiger partial charge in [-0.25, -0.2) is 0 Å². The summed E-state index contributed by atoms with van der Waals surface area (Å²) in [5, 5.41) is 12.0. The smallest absolute Gasteiger partial charge is 0.240 e. The van der Waals surface area contributed by atoms with Gasteiger partial charge >= 0.3 is 0 Å². The highest BCUT2D eigenvalue weighted by Gasteiger charge is 2.40. The number of nitrogens with one attached hydrogen (secondary N) is 1. The van der Waals surface area contributed by atoms with Gasteiger partial charge in [0.25, 0.3) is 0 Å². The third-order valence-corrected chi connectivity index (χ3v) is 3.17. The van der Waals surface area contributed by atoms with Crippen molar-refractivity contribution >= 4 is 5.91 Å². The van der Waals surface area contributed by atoms with Gasteiger partial charge in [0.1, 0.15) is 5.41 Å². The van der Waals surface area contributed by atoms with Gasteiger partial charge in [0.05, 0.1) is 12.7 Å². The molecule has 1 amide bonds. The second-order valence-corrected chi connectivity index (χ2v) is 4.53. The molecule has 1 aliphatic rings. The number of unbranched alkanes of at least 4 members (excludes halogenated alkanes) is 1. The van der Waals surface area contributed by atoms with Crippen LogP contribution in [-0.2, 0) is 14.3 Å². The summed E-state index contributed by atoms with van der Waals surface area (Å²) in [6.07, 6.45) is 3.09. The van der Waals surface area contributed by atoms with Gasteiger partial charge in [0.2, 0.25) is 5.91 Å². The number of ether oxygens (including phenoxy) is 2. The zero-order valence-corrected chi connectivity index (χ0v) is 11.0. The van der Waals surface area contributed by atoms with Crippen molar-refractivity contribution in [3.63, 3.8) is 0 Å². The molecule has 1 heterocycles. The Labute approximate surface area is 108 Å². The Morgan fingerprint density at radius 1 is 1.44 bits per heavy atom. The van der Waals surface area contributed by atoms with Gasteiger partial charge in [-0.15, -0.1) is 0 Å². The summed E-state index contributed by atoms with van der Waals surface area (Å²) in [6, 6.07) is 2.15. The van der Waals surface area contributed by atoms with Gasteiger partial charge in [-0.3, -0.25) is 4.79 Å². The van der Waals surface area contributed by atoms with Crippen LogP contribution in [0.1, 0.15) is 32.6 Å². The lowest BCUT2D eigenvalue weighted by Gasteiger charge is -2.29. The molecule has 1 aliphatic heterocycles. The van der Waals surface area contributed by atoms with Crippen LogP contribution in [0.4, 0.5) is 0 Å². The van der Waals surface area contributed by atoms with Crippen molar-refractivity contribution in [1.29, 1.82) is 5.26 Å². The minimum Gasteiger partial charge on any atom is -0.381 e. The summed E-state index contributed by atoms with van der Waals surface area (Å²) in [6.45, 7) is 4.76. The zero-order valence-electron chi connectivity index (χ0n) is 11.0.